The van der Waals surface area contributed by atoms with Gasteiger partial charge in [-0.25, -0.2) is 0 Å². The molecule has 0 unspecified atom stereocenters. The summed E-state index contributed by atoms with van der Waals surface area (Å²) in [6.07, 6.45) is 3.43. The lowest BCUT2D eigenvalue weighted by molar-refractivity contribution is -0.135. The molecule has 7 nitrogen and oxygen atoms in total. The van der Waals surface area contributed by atoms with Crippen molar-refractivity contribution in [2.45, 2.75) is 27.7 Å². The van der Waals surface area contributed by atoms with Crippen LogP contribution in [-0.4, -0.2) is 61.5 Å². The molecule has 0 aliphatic carbocycles. The van der Waals surface area contributed by atoms with Crippen LogP contribution in [0.4, 0.5) is 0 Å². The molecule has 7 heteroatoms. The Morgan fingerprint density at radius 3 is 2.31 bits per heavy atom. The molecule has 2 heterocycles. The fraction of sp³-hybridized carbons (Fsp3) is 0.357. The molecule has 0 atom stereocenters. The van der Waals surface area contributed by atoms with Gasteiger partial charge in [0, 0.05) is 61.3 Å². The Kier molecular flexibility index (Phi) is 7.15. The van der Waals surface area contributed by atoms with Crippen molar-refractivity contribution in [1.82, 2.24) is 9.80 Å². The highest BCUT2D eigenvalue weighted by Gasteiger charge is 2.23. The van der Waals surface area contributed by atoms with E-state index in [1.165, 1.54) is 0 Å². The number of aryl methyl sites for hydroxylation is 1. The lowest BCUT2D eigenvalue weighted by Crippen LogP contribution is -2.49. The van der Waals surface area contributed by atoms with Crippen LogP contribution in [-0.2, 0) is 9.59 Å². The van der Waals surface area contributed by atoms with Crippen molar-refractivity contribution < 1.29 is 23.5 Å². The van der Waals surface area contributed by atoms with Crippen molar-refractivity contribution in [1.29, 1.82) is 0 Å². The molecule has 0 radical (unpaired) electrons. The highest BCUT2D eigenvalue weighted by molar-refractivity contribution is 6.01. The Bertz CT molecular complexity index is 1260. The third-order valence-corrected chi connectivity index (χ3v) is 6.54. The van der Waals surface area contributed by atoms with Gasteiger partial charge in [-0.05, 0) is 50.1 Å². The SMILES string of the molecule is CCOc1c(/C(C)=C/C(=O)N2CCN(C(C)=O)CC2)cc2c(-c3ccc(OC)cc3)coc2c1C. The Balaban J connectivity index is 1.71. The maximum absolute atomic E-state index is 13.0. The number of carbonyl (C=O) groups is 2. The monoisotopic (exact) mass is 476 g/mol. The van der Waals surface area contributed by atoms with E-state index in [9.17, 15) is 9.59 Å². The fourth-order valence-corrected chi connectivity index (χ4v) is 4.53. The second-order valence-electron chi connectivity index (χ2n) is 8.72. The summed E-state index contributed by atoms with van der Waals surface area (Å²) in [6.45, 7) is 10.1. The number of allylic oxidation sites excluding steroid dienone is 1. The van der Waals surface area contributed by atoms with E-state index in [1.54, 1.807) is 36.2 Å². The molecule has 1 aliphatic heterocycles. The largest absolute Gasteiger partial charge is 0.497 e. The number of piperazine rings is 1. The molecule has 3 aromatic rings. The Morgan fingerprint density at radius 2 is 1.71 bits per heavy atom. The lowest BCUT2D eigenvalue weighted by Gasteiger charge is -2.33. The second-order valence-corrected chi connectivity index (χ2v) is 8.72. The number of furan rings is 1. The van der Waals surface area contributed by atoms with E-state index < -0.39 is 0 Å². The predicted octanol–water partition coefficient (Wildman–Crippen LogP) is 4.91. The standard InChI is InChI=1S/C28H32N2O5/c1-6-34-27-19(3)28-24(25(17-35-28)21-7-9-22(33-5)10-8-21)16-23(27)18(2)15-26(32)30-13-11-29(12-14-30)20(4)31/h7-10,15-17H,6,11-14H2,1-5H3/b18-15+. The maximum Gasteiger partial charge on any atom is 0.246 e. The molecule has 1 aromatic heterocycles. The Labute approximate surface area is 205 Å². The molecule has 1 fully saturated rings. The molecule has 1 saturated heterocycles. The molecule has 2 aromatic carbocycles. The summed E-state index contributed by atoms with van der Waals surface area (Å²) in [5.74, 6) is 1.49. The number of ether oxygens (including phenoxy) is 2. The minimum Gasteiger partial charge on any atom is -0.497 e. The lowest BCUT2D eigenvalue weighted by atomic mass is 9.96. The molecule has 2 amide bonds. The highest BCUT2D eigenvalue weighted by atomic mass is 16.5. The van der Waals surface area contributed by atoms with Gasteiger partial charge in [-0.15, -0.1) is 0 Å². The van der Waals surface area contributed by atoms with Crippen LogP contribution in [0.5, 0.6) is 11.5 Å². The van der Waals surface area contributed by atoms with Gasteiger partial charge in [-0.3, -0.25) is 9.59 Å². The number of rotatable bonds is 6. The quantitative estimate of drug-likeness (QED) is 0.473. The van der Waals surface area contributed by atoms with Crippen molar-refractivity contribution in [2.75, 3.05) is 39.9 Å². The molecule has 184 valence electrons. The predicted molar refractivity (Wildman–Crippen MR) is 137 cm³/mol. The number of hydrogen-bond donors (Lipinski definition) is 0. The third kappa shape index (κ3) is 4.90. The number of hydrogen-bond acceptors (Lipinski definition) is 5. The van der Waals surface area contributed by atoms with Crippen LogP contribution in [0, 0.1) is 6.92 Å². The van der Waals surface area contributed by atoms with E-state index in [4.69, 9.17) is 13.9 Å². The molecule has 0 saturated carbocycles. The van der Waals surface area contributed by atoms with Gasteiger partial charge in [0.15, 0.2) is 0 Å². The molecule has 4 rings (SSSR count). The zero-order valence-electron chi connectivity index (χ0n) is 21.0. The van der Waals surface area contributed by atoms with Crippen molar-refractivity contribution in [2.24, 2.45) is 0 Å². The number of amides is 2. The van der Waals surface area contributed by atoms with E-state index in [0.717, 1.165) is 50.3 Å². The first-order chi connectivity index (χ1) is 16.8. The number of fused-ring (bicyclic) bond motifs is 1. The van der Waals surface area contributed by atoms with E-state index in [2.05, 4.69) is 0 Å². The minimum absolute atomic E-state index is 0.0433. The van der Waals surface area contributed by atoms with Crippen molar-refractivity contribution >= 4 is 28.4 Å². The number of carbonyl (C=O) groups excluding carboxylic acids is 2. The number of benzene rings is 2. The summed E-state index contributed by atoms with van der Waals surface area (Å²) in [6, 6.07) is 9.89. The topological polar surface area (TPSA) is 72.2 Å². The molecule has 35 heavy (non-hydrogen) atoms. The maximum atomic E-state index is 13.0. The molecule has 1 aliphatic rings. The van der Waals surface area contributed by atoms with Crippen LogP contribution < -0.4 is 9.47 Å². The van der Waals surface area contributed by atoms with Crippen LogP contribution in [0.3, 0.4) is 0 Å². The Hall–Kier alpha value is -3.74. The van der Waals surface area contributed by atoms with Crippen molar-refractivity contribution in [3.8, 4) is 22.6 Å². The Morgan fingerprint density at radius 1 is 1.06 bits per heavy atom. The van der Waals surface area contributed by atoms with Crippen LogP contribution in [0.15, 0.2) is 47.1 Å². The second kappa shape index (κ2) is 10.3. The van der Waals surface area contributed by atoms with Gasteiger partial charge in [0.05, 0.1) is 20.0 Å². The number of nitrogens with zero attached hydrogens (tertiary/aromatic N) is 2. The van der Waals surface area contributed by atoms with Crippen molar-refractivity contribution in [3.63, 3.8) is 0 Å². The van der Waals surface area contributed by atoms with Gasteiger partial charge in [-0.2, -0.15) is 0 Å². The summed E-state index contributed by atoms with van der Waals surface area (Å²) < 4.78 is 17.3. The first kappa shape index (κ1) is 24.4. The van der Waals surface area contributed by atoms with Crippen LogP contribution in [0.1, 0.15) is 31.9 Å². The molecular weight excluding hydrogens is 444 g/mol. The van der Waals surface area contributed by atoms with Gasteiger partial charge in [0.2, 0.25) is 11.8 Å². The van der Waals surface area contributed by atoms with E-state index >= 15 is 0 Å². The minimum atomic E-state index is -0.0616. The van der Waals surface area contributed by atoms with E-state index in [-0.39, 0.29) is 11.8 Å². The zero-order valence-corrected chi connectivity index (χ0v) is 21.0. The van der Waals surface area contributed by atoms with Gasteiger partial charge >= 0.3 is 0 Å². The molecule has 0 bridgehead atoms. The number of methoxy groups -OCH3 is 1. The molecular formula is C28H32N2O5. The zero-order chi connectivity index (χ0) is 25.1. The van der Waals surface area contributed by atoms with Gasteiger partial charge in [0.1, 0.15) is 17.1 Å². The summed E-state index contributed by atoms with van der Waals surface area (Å²) in [5, 5.41) is 0.960. The van der Waals surface area contributed by atoms with Crippen LogP contribution in [0.25, 0.3) is 27.7 Å². The summed E-state index contributed by atoms with van der Waals surface area (Å²) in [5.41, 5.74) is 5.33. The van der Waals surface area contributed by atoms with Crippen LogP contribution >= 0.6 is 0 Å². The summed E-state index contributed by atoms with van der Waals surface area (Å²) in [7, 11) is 1.65. The van der Waals surface area contributed by atoms with Crippen molar-refractivity contribution in [3.05, 3.63) is 53.8 Å². The first-order valence-electron chi connectivity index (χ1n) is 11.9. The highest BCUT2D eigenvalue weighted by Crippen LogP contribution is 2.41. The van der Waals surface area contributed by atoms with Gasteiger partial charge < -0.3 is 23.7 Å². The van der Waals surface area contributed by atoms with Crippen LogP contribution in [0.2, 0.25) is 0 Å². The van der Waals surface area contributed by atoms with E-state index in [1.807, 2.05) is 51.1 Å². The van der Waals surface area contributed by atoms with Gasteiger partial charge in [0.25, 0.3) is 0 Å². The van der Waals surface area contributed by atoms with E-state index in [0.29, 0.717) is 32.8 Å². The average molecular weight is 477 g/mol. The summed E-state index contributed by atoms with van der Waals surface area (Å²) >= 11 is 0. The smallest absolute Gasteiger partial charge is 0.246 e. The fourth-order valence-electron chi connectivity index (χ4n) is 4.53. The average Bonchev–Trinajstić information content (AvgIpc) is 3.30. The molecule has 0 spiro atoms. The summed E-state index contributed by atoms with van der Waals surface area (Å²) in [4.78, 5) is 28.2. The normalized spacial score (nSPS) is 14.4. The first-order valence-corrected chi connectivity index (χ1v) is 11.9. The van der Waals surface area contributed by atoms with Gasteiger partial charge in [-0.1, -0.05) is 12.1 Å². The molecule has 0 N–H and O–H groups in total. The third-order valence-electron chi connectivity index (χ3n) is 6.54.